The number of amides is 2. The first kappa shape index (κ1) is 24.7. The van der Waals surface area contributed by atoms with Crippen LogP contribution in [0.2, 0.25) is 0 Å². The third-order valence-corrected chi connectivity index (χ3v) is 7.48. The molecule has 1 aliphatic rings. The molecule has 5 nitrogen and oxygen atoms in total. The van der Waals surface area contributed by atoms with Crippen molar-refractivity contribution < 1.29 is 9.59 Å². The Morgan fingerprint density at radius 2 is 1.63 bits per heavy atom. The molecule has 2 amide bonds. The maximum Gasteiger partial charge on any atom is 0.271 e. The lowest BCUT2D eigenvalue weighted by Gasteiger charge is -2.25. The van der Waals surface area contributed by atoms with Gasteiger partial charge in [-0.2, -0.15) is 5.10 Å². The number of rotatable bonds is 8. The predicted octanol–water partition coefficient (Wildman–Crippen LogP) is 5.93. The van der Waals surface area contributed by atoms with Crippen LogP contribution < -0.4 is 5.43 Å². The summed E-state index contributed by atoms with van der Waals surface area (Å²) in [6, 6.07) is 27.8. The monoisotopic (exact) mass is 485 g/mol. The molecule has 3 aromatic rings. The minimum atomic E-state index is -0.246. The summed E-state index contributed by atoms with van der Waals surface area (Å²) in [4.78, 5) is 27.1. The number of hydrogen-bond acceptors (Lipinski definition) is 4. The van der Waals surface area contributed by atoms with Crippen molar-refractivity contribution in [2.45, 2.75) is 44.5 Å². The lowest BCUT2D eigenvalue weighted by atomic mass is 9.80. The minimum absolute atomic E-state index is 0.0553. The van der Waals surface area contributed by atoms with Gasteiger partial charge in [-0.1, -0.05) is 86.6 Å². The zero-order chi connectivity index (χ0) is 24.8. The summed E-state index contributed by atoms with van der Waals surface area (Å²) in [5.74, 6) is 0.353. The number of thioether (sulfide) groups is 1. The van der Waals surface area contributed by atoms with Crippen LogP contribution in [0.15, 0.2) is 90.0 Å². The van der Waals surface area contributed by atoms with Gasteiger partial charge in [0.2, 0.25) is 5.91 Å². The summed E-state index contributed by atoms with van der Waals surface area (Å²) < 4.78 is 0. The molecule has 0 unspecified atom stereocenters. The summed E-state index contributed by atoms with van der Waals surface area (Å²) >= 11 is 1.62. The third-order valence-electron chi connectivity index (χ3n) is 6.22. The molecule has 6 heteroatoms. The highest BCUT2D eigenvalue weighted by Gasteiger charge is 2.32. The van der Waals surface area contributed by atoms with Crippen LogP contribution in [0, 0.1) is 0 Å². The van der Waals surface area contributed by atoms with E-state index in [1.165, 1.54) is 5.56 Å². The van der Waals surface area contributed by atoms with Crippen LogP contribution in [-0.2, 0) is 16.8 Å². The van der Waals surface area contributed by atoms with Crippen molar-refractivity contribution >= 4 is 29.3 Å². The molecule has 1 atom stereocenters. The van der Waals surface area contributed by atoms with Crippen LogP contribution in [0.5, 0.6) is 0 Å². The van der Waals surface area contributed by atoms with Crippen molar-refractivity contribution in [3.05, 3.63) is 107 Å². The second kappa shape index (κ2) is 10.9. The maximum atomic E-state index is 12.7. The van der Waals surface area contributed by atoms with E-state index in [1.807, 2.05) is 72.5 Å². The Morgan fingerprint density at radius 3 is 2.29 bits per heavy atom. The Bertz CT molecular complexity index is 1190. The van der Waals surface area contributed by atoms with E-state index < -0.39 is 0 Å². The average molecular weight is 486 g/mol. The van der Waals surface area contributed by atoms with Crippen molar-refractivity contribution in [3.8, 4) is 0 Å². The molecule has 0 radical (unpaired) electrons. The Labute approximate surface area is 211 Å². The van der Waals surface area contributed by atoms with E-state index >= 15 is 0 Å². The van der Waals surface area contributed by atoms with Crippen LogP contribution in [0.4, 0.5) is 0 Å². The van der Waals surface area contributed by atoms with Crippen molar-refractivity contribution in [3.63, 3.8) is 0 Å². The highest BCUT2D eigenvalue weighted by Crippen LogP contribution is 2.39. The van der Waals surface area contributed by atoms with Crippen LogP contribution in [-0.4, -0.2) is 28.2 Å². The lowest BCUT2D eigenvalue weighted by molar-refractivity contribution is -0.128. The van der Waals surface area contributed by atoms with E-state index in [1.54, 1.807) is 23.9 Å². The zero-order valence-corrected chi connectivity index (χ0v) is 21.2. The van der Waals surface area contributed by atoms with Crippen molar-refractivity contribution in [2.24, 2.45) is 5.10 Å². The van der Waals surface area contributed by atoms with E-state index in [9.17, 15) is 9.59 Å². The van der Waals surface area contributed by atoms with Gasteiger partial charge < -0.3 is 4.90 Å². The number of carbonyl (C=O) groups excluding carboxylic acids is 2. The molecule has 1 fully saturated rings. The van der Waals surface area contributed by atoms with Gasteiger partial charge in [0.25, 0.3) is 5.91 Å². The predicted molar refractivity (Wildman–Crippen MR) is 143 cm³/mol. The number of benzene rings is 3. The van der Waals surface area contributed by atoms with Gasteiger partial charge in [-0.15, -0.1) is 11.8 Å². The SMILES string of the molecule is C/C(CC(C)(C)c1ccccc1)=N/NC(=O)c1ccc([C@H]2SCC(=O)N2Cc2ccccc2)cc1. The van der Waals surface area contributed by atoms with Crippen molar-refractivity contribution in [1.29, 1.82) is 0 Å². The molecule has 1 aliphatic heterocycles. The van der Waals surface area contributed by atoms with Gasteiger partial charge in [0.15, 0.2) is 0 Å². The normalized spacial score (nSPS) is 16.4. The second-order valence-electron chi connectivity index (χ2n) is 9.51. The largest absolute Gasteiger partial charge is 0.322 e. The average Bonchev–Trinajstić information content (AvgIpc) is 3.23. The molecule has 0 aliphatic carbocycles. The van der Waals surface area contributed by atoms with Gasteiger partial charge in [0.05, 0.1) is 5.75 Å². The Kier molecular flexibility index (Phi) is 7.71. The molecular formula is C29H31N3O2S. The molecule has 1 N–H and O–H groups in total. The quantitative estimate of drug-likeness (QED) is 0.318. The zero-order valence-electron chi connectivity index (χ0n) is 20.4. The molecule has 0 bridgehead atoms. The van der Waals surface area contributed by atoms with E-state index in [0.29, 0.717) is 17.9 Å². The fourth-order valence-electron chi connectivity index (χ4n) is 4.36. The molecule has 1 saturated heterocycles. The van der Waals surface area contributed by atoms with Crippen LogP contribution in [0.3, 0.4) is 0 Å². The molecule has 180 valence electrons. The van der Waals surface area contributed by atoms with Crippen molar-refractivity contribution in [1.82, 2.24) is 10.3 Å². The van der Waals surface area contributed by atoms with Crippen LogP contribution >= 0.6 is 11.8 Å². The number of nitrogens with one attached hydrogen (secondary N) is 1. The Hall–Kier alpha value is -3.38. The van der Waals surface area contributed by atoms with Gasteiger partial charge in [-0.25, -0.2) is 5.43 Å². The maximum absolute atomic E-state index is 12.7. The molecule has 0 saturated carbocycles. The summed E-state index contributed by atoms with van der Waals surface area (Å²) in [6.07, 6.45) is 0.737. The first-order valence-corrected chi connectivity index (χ1v) is 12.8. The lowest BCUT2D eigenvalue weighted by Crippen LogP contribution is -2.27. The highest BCUT2D eigenvalue weighted by molar-refractivity contribution is 8.00. The number of hydrazone groups is 1. The van der Waals surface area contributed by atoms with E-state index in [0.717, 1.165) is 23.3 Å². The van der Waals surface area contributed by atoms with Crippen LogP contribution in [0.25, 0.3) is 0 Å². The standard InChI is InChI=1S/C29H31N3O2S/c1-21(18-29(2,3)25-12-8-5-9-13-25)30-31-27(34)23-14-16-24(17-15-23)28-32(26(33)20-35-28)19-22-10-6-4-7-11-22/h4-17,28H,18-20H2,1-3H3,(H,31,34)/b30-21-/t28-/m1/s1. The Morgan fingerprint density at radius 1 is 1.00 bits per heavy atom. The van der Waals surface area contributed by atoms with Gasteiger partial charge >= 0.3 is 0 Å². The first-order valence-electron chi connectivity index (χ1n) is 11.8. The topological polar surface area (TPSA) is 61.8 Å². The van der Waals surface area contributed by atoms with Crippen molar-refractivity contribution in [2.75, 3.05) is 5.75 Å². The number of hydrogen-bond donors (Lipinski definition) is 1. The first-order chi connectivity index (χ1) is 16.8. The molecule has 35 heavy (non-hydrogen) atoms. The summed E-state index contributed by atoms with van der Waals surface area (Å²) in [5.41, 5.74) is 7.36. The molecule has 0 aromatic heterocycles. The van der Waals surface area contributed by atoms with E-state index in [2.05, 4.69) is 36.5 Å². The van der Waals surface area contributed by atoms with Gasteiger partial charge in [0.1, 0.15) is 5.37 Å². The molecule has 0 spiro atoms. The smallest absolute Gasteiger partial charge is 0.271 e. The van der Waals surface area contributed by atoms with E-state index in [4.69, 9.17) is 0 Å². The molecular weight excluding hydrogens is 454 g/mol. The highest BCUT2D eigenvalue weighted by atomic mass is 32.2. The number of nitrogens with zero attached hydrogens (tertiary/aromatic N) is 2. The summed E-state index contributed by atoms with van der Waals surface area (Å²) in [6.45, 7) is 6.86. The minimum Gasteiger partial charge on any atom is -0.322 e. The van der Waals surface area contributed by atoms with Gasteiger partial charge in [0, 0.05) is 17.8 Å². The summed E-state index contributed by atoms with van der Waals surface area (Å²) in [5, 5.41) is 4.28. The van der Waals surface area contributed by atoms with Gasteiger partial charge in [-0.05, 0) is 47.6 Å². The molecule has 1 heterocycles. The number of carbonyl (C=O) groups is 2. The second-order valence-corrected chi connectivity index (χ2v) is 10.6. The molecule has 3 aromatic carbocycles. The summed E-state index contributed by atoms with van der Waals surface area (Å²) in [7, 11) is 0. The van der Waals surface area contributed by atoms with Crippen LogP contribution in [0.1, 0.15) is 59.6 Å². The Balaban J connectivity index is 1.38. The molecule has 4 rings (SSSR count). The van der Waals surface area contributed by atoms with Gasteiger partial charge in [-0.3, -0.25) is 9.59 Å². The fourth-order valence-corrected chi connectivity index (χ4v) is 5.55. The fraction of sp³-hybridized carbons (Fsp3) is 0.276. The van der Waals surface area contributed by atoms with E-state index in [-0.39, 0.29) is 22.6 Å². The third kappa shape index (κ3) is 6.20.